The van der Waals surface area contributed by atoms with Gasteiger partial charge < -0.3 is 18.6 Å². The van der Waals surface area contributed by atoms with E-state index < -0.39 is 16.1 Å². The van der Waals surface area contributed by atoms with E-state index in [0.717, 1.165) is 51.6 Å². The summed E-state index contributed by atoms with van der Waals surface area (Å²) in [5.74, 6) is 1.42. The molecular formula is C31H46BrN11O2Si2. The molecule has 5 aromatic heterocycles. The molecule has 0 unspecified atom stereocenters. The second-order valence-electron chi connectivity index (χ2n) is 13.8. The van der Waals surface area contributed by atoms with Gasteiger partial charge in [-0.25, -0.2) is 9.97 Å². The van der Waals surface area contributed by atoms with Gasteiger partial charge in [-0.1, -0.05) is 39.3 Å². The van der Waals surface area contributed by atoms with Crippen LogP contribution in [0.2, 0.25) is 51.4 Å². The maximum absolute atomic E-state index is 5.83. The Hall–Kier alpha value is -3.45. The molecule has 252 valence electrons. The van der Waals surface area contributed by atoms with Crippen molar-refractivity contribution in [2.45, 2.75) is 78.7 Å². The highest BCUT2D eigenvalue weighted by atomic mass is 79.9. The fraction of sp³-hybridized carbons (Fsp3) is 0.484. The average Bonchev–Trinajstić information content (AvgIpc) is 3.81. The van der Waals surface area contributed by atoms with Crippen LogP contribution in [0, 0.1) is 6.92 Å². The normalized spacial score (nSPS) is 13.0. The van der Waals surface area contributed by atoms with Gasteiger partial charge in [0, 0.05) is 52.5 Å². The highest BCUT2D eigenvalue weighted by molar-refractivity contribution is 9.10. The second kappa shape index (κ2) is 16.6. The third kappa shape index (κ3) is 11.6. The molecular weight excluding hydrogens is 694 g/mol. The number of ether oxygens (including phenoxy) is 2. The number of pyridine rings is 2. The second-order valence-corrected chi connectivity index (χ2v) is 25.8. The van der Waals surface area contributed by atoms with Gasteiger partial charge in [0.1, 0.15) is 35.9 Å². The van der Waals surface area contributed by atoms with Gasteiger partial charge in [0.15, 0.2) is 11.6 Å². The van der Waals surface area contributed by atoms with Crippen molar-refractivity contribution in [1.29, 1.82) is 0 Å². The number of aromatic nitrogens is 8. The molecule has 0 amide bonds. The zero-order valence-corrected chi connectivity index (χ0v) is 32.3. The van der Waals surface area contributed by atoms with Crippen molar-refractivity contribution < 1.29 is 9.47 Å². The highest BCUT2D eigenvalue weighted by Crippen LogP contribution is 2.18. The Morgan fingerprint density at radius 3 is 1.81 bits per heavy atom. The lowest BCUT2D eigenvalue weighted by atomic mass is 10.3. The zero-order valence-electron chi connectivity index (χ0n) is 28.7. The Labute approximate surface area is 286 Å². The molecule has 0 aromatic carbocycles. The van der Waals surface area contributed by atoms with Crippen LogP contribution in [0.3, 0.4) is 0 Å². The van der Waals surface area contributed by atoms with E-state index in [1.54, 1.807) is 4.68 Å². The van der Waals surface area contributed by atoms with Crippen LogP contribution >= 0.6 is 15.9 Å². The lowest BCUT2D eigenvalue weighted by Gasteiger charge is -2.15. The van der Waals surface area contributed by atoms with Gasteiger partial charge in [0.2, 0.25) is 0 Å². The lowest BCUT2D eigenvalue weighted by Crippen LogP contribution is -2.22. The van der Waals surface area contributed by atoms with Gasteiger partial charge in [-0.05, 0) is 93.9 Å². The summed E-state index contributed by atoms with van der Waals surface area (Å²) in [6, 6.07) is 14.4. The molecule has 0 fully saturated rings. The smallest absolute Gasteiger partial charge is 0.159 e. The highest BCUT2D eigenvalue weighted by Gasteiger charge is 2.14. The van der Waals surface area contributed by atoms with Crippen LogP contribution < -0.4 is 0 Å². The molecule has 13 nitrogen and oxygen atoms in total. The Balaban J connectivity index is 0.000000184. The molecule has 0 bridgehead atoms. The summed E-state index contributed by atoms with van der Waals surface area (Å²) in [5.41, 5.74) is 2.85. The van der Waals surface area contributed by atoms with Crippen molar-refractivity contribution in [2.24, 2.45) is 15.4 Å². The molecule has 5 aromatic rings. The van der Waals surface area contributed by atoms with Crippen LogP contribution in [-0.2, 0) is 22.9 Å². The molecule has 16 heteroatoms. The van der Waals surface area contributed by atoms with Crippen LogP contribution in [-0.4, -0.2) is 80.9 Å². The standard InChI is InChI=1S/C15H22N6OSi.C13H19BrN2OSi.C3H5N3/c1-12-17-18-19-21(12)14-6-5-13-7-8-20(15(13)16-14)11-22-9-10-23(2,3)4;1-18(2,3)9-8-17-10-16-7-6-11-4-5-12(14)15-13(11)16;1-3-2-4-6-5-3/h5-8H,9-11H2,1-4H3;4-7H,8-10H2,1-3H3;2H2,1H3. The van der Waals surface area contributed by atoms with E-state index in [9.17, 15) is 0 Å². The minimum Gasteiger partial charge on any atom is -0.361 e. The van der Waals surface area contributed by atoms with E-state index in [1.807, 2.05) is 59.6 Å². The fourth-order valence-electron chi connectivity index (χ4n) is 4.21. The van der Waals surface area contributed by atoms with Crippen molar-refractivity contribution in [2.75, 3.05) is 19.8 Å². The molecule has 0 spiro atoms. The number of tetrazole rings is 1. The minimum atomic E-state index is -1.06. The summed E-state index contributed by atoms with van der Waals surface area (Å²) >= 11 is 3.40. The summed E-state index contributed by atoms with van der Waals surface area (Å²) in [5, 5.41) is 24.3. The van der Waals surface area contributed by atoms with Crippen LogP contribution in [0.4, 0.5) is 0 Å². The Bertz CT molecular complexity index is 1800. The molecule has 6 rings (SSSR count). The average molecular weight is 741 g/mol. The van der Waals surface area contributed by atoms with E-state index in [0.29, 0.717) is 31.6 Å². The van der Waals surface area contributed by atoms with E-state index >= 15 is 0 Å². The van der Waals surface area contributed by atoms with Gasteiger partial charge in [-0.2, -0.15) is 9.80 Å². The lowest BCUT2D eigenvalue weighted by molar-refractivity contribution is 0.0898. The van der Waals surface area contributed by atoms with Crippen LogP contribution in [0.15, 0.2) is 68.8 Å². The van der Waals surface area contributed by atoms with Gasteiger partial charge in [0.25, 0.3) is 0 Å². The largest absolute Gasteiger partial charge is 0.361 e. The number of halogens is 1. The third-order valence-electron chi connectivity index (χ3n) is 7.05. The van der Waals surface area contributed by atoms with Gasteiger partial charge in [0.05, 0.1) is 5.71 Å². The molecule has 0 saturated heterocycles. The molecule has 6 heterocycles. The monoisotopic (exact) mass is 739 g/mol. The van der Waals surface area contributed by atoms with Crippen molar-refractivity contribution >= 4 is 59.9 Å². The number of nitrogens with zero attached hydrogens (tertiary/aromatic N) is 11. The van der Waals surface area contributed by atoms with Crippen molar-refractivity contribution in [3.05, 3.63) is 59.2 Å². The first-order valence-corrected chi connectivity index (χ1v) is 23.9. The first kappa shape index (κ1) is 36.4. The minimum absolute atomic E-state index is 0.513. The Kier molecular flexibility index (Phi) is 12.8. The Morgan fingerprint density at radius 2 is 1.34 bits per heavy atom. The quantitative estimate of drug-likeness (QED) is 0.0775. The van der Waals surface area contributed by atoms with Gasteiger partial charge in [-0.15, -0.1) is 10.2 Å². The van der Waals surface area contributed by atoms with Crippen LogP contribution in [0.1, 0.15) is 12.7 Å². The maximum Gasteiger partial charge on any atom is 0.159 e. The number of hydrogen-bond donors (Lipinski definition) is 0. The zero-order chi connectivity index (χ0) is 34.0. The fourth-order valence-corrected chi connectivity index (χ4v) is 6.03. The van der Waals surface area contributed by atoms with E-state index in [4.69, 9.17) is 9.47 Å². The number of rotatable bonds is 11. The first-order valence-electron chi connectivity index (χ1n) is 15.7. The van der Waals surface area contributed by atoms with Crippen molar-refractivity contribution in [1.82, 2.24) is 39.3 Å². The summed E-state index contributed by atoms with van der Waals surface area (Å²) in [4.78, 5) is 9.15. The Morgan fingerprint density at radius 1 is 0.766 bits per heavy atom. The first-order chi connectivity index (χ1) is 22.3. The van der Waals surface area contributed by atoms with Crippen LogP contribution in [0.5, 0.6) is 0 Å². The maximum atomic E-state index is 5.83. The summed E-state index contributed by atoms with van der Waals surface area (Å²) in [7, 11) is -2.06. The van der Waals surface area contributed by atoms with Crippen molar-refractivity contribution in [3.8, 4) is 5.82 Å². The van der Waals surface area contributed by atoms with Crippen molar-refractivity contribution in [3.63, 3.8) is 0 Å². The number of aryl methyl sites for hydroxylation is 1. The number of hydrogen-bond acceptors (Lipinski definition) is 10. The number of fused-ring (bicyclic) bond motifs is 2. The van der Waals surface area contributed by atoms with Crippen LogP contribution in [0.25, 0.3) is 27.9 Å². The molecule has 0 radical (unpaired) electrons. The SMILES string of the molecule is CC1=NN=NC1.C[Si](C)(C)CCOCn1ccc2ccc(Br)nc21.Cc1nnnn1-c1ccc2ccn(COCC[Si](C)(C)C)c2n1. The summed E-state index contributed by atoms with van der Waals surface area (Å²) in [6.07, 6.45) is 4.03. The summed E-state index contributed by atoms with van der Waals surface area (Å²) < 4.78 is 18.1. The van der Waals surface area contributed by atoms with E-state index in [-0.39, 0.29) is 0 Å². The predicted octanol–water partition coefficient (Wildman–Crippen LogP) is 7.57. The molecule has 0 aliphatic carbocycles. The van der Waals surface area contributed by atoms with Gasteiger partial charge in [-0.3, -0.25) is 0 Å². The molecule has 0 N–H and O–H groups in total. The third-order valence-corrected chi connectivity index (χ3v) is 10.9. The topological polar surface area (TPSA) is 135 Å². The molecule has 1 aliphatic rings. The molecule has 47 heavy (non-hydrogen) atoms. The summed E-state index contributed by atoms with van der Waals surface area (Å²) in [6.45, 7) is 21.3. The van der Waals surface area contributed by atoms with Gasteiger partial charge >= 0.3 is 0 Å². The molecule has 0 saturated carbocycles. The predicted molar refractivity (Wildman–Crippen MR) is 196 cm³/mol. The van der Waals surface area contributed by atoms with E-state index in [2.05, 4.69) is 108 Å². The van der Waals surface area contributed by atoms with E-state index in [1.165, 1.54) is 6.04 Å². The molecule has 1 aliphatic heterocycles. The molecule has 0 atom stereocenters.